The van der Waals surface area contributed by atoms with Crippen LogP contribution in [0.4, 0.5) is 5.69 Å². The number of sulfonamides is 1. The van der Waals surface area contributed by atoms with E-state index in [0.29, 0.717) is 41.5 Å². The average molecular weight is 499 g/mol. The Bertz CT molecular complexity index is 1360. The van der Waals surface area contributed by atoms with Crippen LogP contribution >= 0.6 is 11.6 Å². The minimum absolute atomic E-state index is 0.108. The number of benzene rings is 2. The van der Waals surface area contributed by atoms with Crippen molar-refractivity contribution in [2.24, 2.45) is 0 Å². The Labute approximate surface area is 205 Å². The van der Waals surface area contributed by atoms with Crippen molar-refractivity contribution in [1.29, 1.82) is 0 Å². The Hall–Kier alpha value is -2.68. The van der Waals surface area contributed by atoms with Gasteiger partial charge in [0.25, 0.3) is 5.91 Å². The fraction of sp³-hybridized carbons (Fsp3) is 0.360. The van der Waals surface area contributed by atoms with E-state index >= 15 is 0 Å². The molecule has 0 unspecified atom stereocenters. The summed E-state index contributed by atoms with van der Waals surface area (Å²) in [6.45, 7) is 5.43. The van der Waals surface area contributed by atoms with Gasteiger partial charge in [-0.15, -0.1) is 0 Å². The summed E-state index contributed by atoms with van der Waals surface area (Å²) in [5.74, 6) is -0.108. The first-order valence-electron chi connectivity index (χ1n) is 11.5. The van der Waals surface area contributed by atoms with Crippen molar-refractivity contribution in [3.8, 4) is 5.69 Å². The van der Waals surface area contributed by atoms with Crippen LogP contribution in [0, 0.1) is 13.8 Å². The molecule has 3 aromatic rings. The largest absolute Gasteiger partial charge is 0.308 e. The lowest BCUT2D eigenvalue weighted by atomic mass is 10.1. The third-order valence-corrected chi connectivity index (χ3v) is 9.15. The Morgan fingerprint density at radius 3 is 2.32 bits per heavy atom. The van der Waals surface area contributed by atoms with E-state index in [1.54, 1.807) is 44.2 Å². The Kier molecular flexibility index (Phi) is 6.00. The van der Waals surface area contributed by atoms with Gasteiger partial charge < -0.3 is 4.90 Å². The second-order valence-corrected chi connectivity index (χ2v) is 11.2. The molecule has 0 bridgehead atoms. The number of fused-ring (bicyclic) bond motifs is 1. The van der Waals surface area contributed by atoms with Gasteiger partial charge in [0.1, 0.15) is 0 Å². The van der Waals surface area contributed by atoms with Crippen molar-refractivity contribution < 1.29 is 13.2 Å². The number of amides is 1. The molecule has 34 heavy (non-hydrogen) atoms. The monoisotopic (exact) mass is 498 g/mol. The maximum atomic E-state index is 13.3. The van der Waals surface area contributed by atoms with E-state index in [1.165, 1.54) is 0 Å². The number of aryl methyl sites for hydroxylation is 1. The van der Waals surface area contributed by atoms with Gasteiger partial charge in [-0.2, -0.15) is 9.40 Å². The molecule has 2 aromatic carbocycles. The molecular formula is C25H27ClN4O3S. The van der Waals surface area contributed by atoms with Gasteiger partial charge in [-0.05, 0) is 81.1 Å². The van der Waals surface area contributed by atoms with Crippen LogP contribution < -0.4 is 4.90 Å². The van der Waals surface area contributed by atoms with Crippen LogP contribution in [0.25, 0.3) is 5.69 Å². The summed E-state index contributed by atoms with van der Waals surface area (Å²) in [6.07, 6.45) is 3.51. The molecule has 0 aliphatic carbocycles. The number of halogens is 1. The summed E-state index contributed by atoms with van der Waals surface area (Å²) >= 11 is 6.26. The topological polar surface area (TPSA) is 75.5 Å². The molecule has 5 rings (SSSR count). The van der Waals surface area contributed by atoms with Crippen LogP contribution in [0.5, 0.6) is 0 Å². The van der Waals surface area contributed by atoms with E-state index in [0.717, 1.165) is 47.6 Å². The van der Waals surface area contributed by atoms with Crippen LogP contribution in [0.3, 0.4) is 0 Å². The van der Waals surface area contributed by atoms with Crippen molar-refractivity contribution in [2.75, 3.05) is 24.5 Å². The van der Waals surface area contributed by atoms with E-state index in [-0.39, 0.29) is 5.91 Å². The molecule has 2 aliphatic rings. The van der Waals surface area contributed by atoms with E-state index in [9.17, 15) is 13.2 Å². The molecule has 1 amide bonds. The molecule has 1 aromatic heterocycles. The lowest BCUT2D eigenvalue weighted by Crippen LogP contribution is -2.35. The zero-order chi connectivity index (χ0) is 24.0. The third kappa shape index (κ3) is 3.93. The van der Waals surface area contributed by atoms with Gasteiger partial charge in [0, 0.05) is 30.9 Å². The molecule has 0 radical (unpaired) electrons. The minimum Gasteiger partial charge on any atom is -0.308 e. The highest BCUT2D eigenvalue weighted by Crippen LogP contribution is 2.33. The molecule has 0 N–H and O–H groups in total. The quantitative estimate of drug-likeness (QED) is 0.530. The standard InChI is InChI=1S/C25H27ClN4O3S/c1-17-24(26)18(2)30(27-17)21-8-6-19(7-9-21)25(31)29-15-12-20-16-22(10-11-23(20)29)34(32,33)28-13-4-3-5-14-28/h6-11,16H,3-5,12-15H2,1-2H3. The predicted octanol–water partition coefficient (Wildman–Crippen LogP) is 4.52. The number of rotatable bonds is 4. The Balaban J connectivity index is 1.37. The third-order valence-electron chi connectivity index (χ3n) is 6.71. The zero-order valence-electron chi connectivity index (χ0n) is 19.3. The van der Waals surface area contributed by atoms with Gasteiger partial charge in [-0.25, -0.2) is 13.1 Å². The summed E-state index contributed by atoms with van der Waals surface area (Å²) in [5.41, 5.74) is 4.67. The Morgan fingerprint density at radius 1 is 0.971 bits per heavy atom. The lowest BCUT2D eigenvalue weighted by Gasteiger charge is -2.26. The summed E-state index contributed by atoms with van der Waals surface area (Å²) in [6, 6.07) is 12.4. The van der Waals surface area contributed by atoms with E-state index in [2.05, 4.69) is 5.10 Å². The average Bonchev–Trinajstić information content (AvgIpc) is 3.40. The summed E-state index contributed by atoms with van der Waals surface area (Å²) < 4.78 is 29.4. The molecule has 0 atom stereocenters. The first-order chi connectivity index (χ1) is 16.3. The molecule has 0 saturated carbocycles. The van der Waals surface area contributed by atoms with E-state index < -0.39 is 10.0 Å². The Morgan fingerprint density at radius 2 is 1.68 bits per heavy atom. The van der Waals surface area contributed by atoms with Crippen LogP contribution in [-0.4, -0.2) is 48.0 Å². The summed E-state index contributed by atoms with van der Waals surface area (Å²) in [7, 11) is -3.50. The summed E-state index contributed by atoms with van der Waals surface area (Å²) in [5, 5.41) is 5.09. The highest BCUT2D eigenvalue weighted by Gasteiger charge is 2.30. The maximum absolute atomic E-state index is 13.3. The number of carbonyl (C=O) groups excluding carboxylic acids is 1. The molecule has 2 aliphatic heterocycles. The van der Waals surface area contributed by atoms with Crippen molar-refractivity contribution in [1.82, 2.24) is 14.1 Å². The van der Waals surface area contributed by atoms with Crippen molar-refractivity contribution >= 4 is 33.2 Å². The van der Waals surface area contributed by atoms with Crippen LogP contribution in [-0.2, 0) is 16.4 Å². The van der Waals surface area contributed by atoms with Crippen LogP contribution in [0.1, 0.15) is 46.6 Å². The van der Waals surface area contributed by atoms with Crippen molar-refractivity contribution in [3.05, 3.63) is 70.0 Å². The van der Waals surface area contributed by atoms with Gasteiger partial charge in [0.2, 0.25) is 10.0 Å². The van der Waals surface area contributed by atoms with Crippen molar-refractivity contribution in [3.63, 3.8) is 0 Å². The summed E-state index contributed by atoms with van der Waals surface area (Å²) in [4.78, 5) is 15.3. The highest BCUT2D eigenvalue weighted by atomic mass is 35.5. The fourth-order valence-corrected chi connectivity index (χ4v) is 6.47. The predicted molar refractivity (Wildman–Crippen MR) is 132 cm³/mol. The molecule has 1 saturated heterocycles. The number of hydrogen-bond acceptors (Lipinski definition) is 4. The number of nitrogens with zero attached hydrogens (tertiary/aromatic N) is 4. The van der Waals surface area contributed by atoms with E-state index in [4.69, 9.17) is 11.6 Å². The highest BCUT2D eigenvalue weighted by molar-refractivity contribution is 7.89. The molecule has 7 nitrogen and oxygen atoms in total. The van der Waals surface area contributed by atoms with Gasteiger partial charge in [0.15, 0.2) is 0 Å². The minimum atomic E-state index is -3.50. The van der Waals surface area contributed by atoms with Gasteiger partial charge in [0.05, 0.1) is 27.0 Å². The van der Waals surface area contributed by atoms with Crippen LogP contribution in [0.2, 0.25) is 5.02 Å². The first kappa shape index (κ1) is 23.1. The van der Waals surface area contributed by atoms with Crippen LogP contribution in [0.15, 0.2) is 47.4 Å². The van der Waals surface area contributed by atoms with Crippen molar-refractivity contribution in [2.45, 2.75) is 44.4 Å². The smallest absolute Gasteiger partial charge is 0.258 e. The zero-order valence-corrected chi connectivity index (χ0v) is 20.9. The second kappa shape index (κ2) is 8.83. The number of carbonyl (C=O) groups is 1. The van der Waals surface area contributed by atoms with Gasteiger partial charge in [-0.1, -0.05) is 18.0 Å². The number of piperidine rings is 1. The first-order valence-corrected chi connectivity index (χ1v) is 13.4. The SMILES string of the molecule is Cc1nn(-c2ccc(C(=O)N3CCc4cc(S(=O)(=O)N5CCCCC5)ccc43)cc2)c(C)c1Cl. The number of anilines is 1. The second-order valence-electron chi connectivity index (χ2n) is 8.91. The van der Waals surface area contributed by atoms with Gasteiger partial charge >= 0.3 is 0 Å². The molecule has 9 heteroatoms. The molecule has 0 spiro atoms. The van der Waals surface area contributed by atoms with E-state index in [1.807, 2.05) is 26.0 Å². The lowest BCUT2D eigenvalue weighted by molar-refractivity contribution is 0.0989. The number of aromatic nitrogens is 2. The maximum Gasteiger partial charge on any atom is 0.258 e. The number of hydrogen-bond donors (Lipinski definition) is 0. The molecule has 178 valence electrons. The molecular weight excluding hydrogens is 472 g/mol. The van der Waals surface area contributed by atoms with Gasteiger partial charge in [-0.3, -0.25) is 4.79 Å². The fourth-order valence-electron chi connectivity index (χ4n) is 4.78. The molecule has 1 fully saturated rings. The molecule has 3 heterocycles. The normalized spacial score (nSPS) is 16.6.